The molecule has 0 aliphatic heterocycles. The van der Waals surface area contributed by atoms with Gasteiger partial charge in [0.15, 0.2) is 0 Å². The molecular formula is C22H25Cl2N5O. The molecule has 1 saturated carbocycles. The maximum atomic E-state index is 6.24. The molecule has 1 aromatic carbocycles. The third-order valence-electron chi connectivity index (χ3n) is 5.30. The molecule has 2 unspecified atom stereocenters. The fourth-order valence-corrected chi connectivity index (χ4v) is 4.34. The lowest BCUT2D eigenvalue weighted by Gasteiger charge is -2.29. The molecule has 3 aromatic rings. The first-order valence-electron chi connectivity index (χ1n) is 10.1. The molecule has 6 nitrogen and oxygen atoms in total. The minimum Gasteiger partial charge on any atom is -0.469 e. The third-order valence-corrected chi connectivity index (χ3v) is 5.74. The molecule has 1 aliphatic carbocycles. The van der Waals surface area contributed by atoms with Crippen molar-refractivity contribution in [1.82, 2.24) is 14.5 Å². The summed E-state index contributed by atoms with van der Waals surface area (Å²) in [6.45, 7) is 0.911. The summed E-state index contributed by atoms with van der Waals surface area (Å²) < 4.78 is 7.92. The van der Waals surface area contributed by atoms with Crippen LogP contribution < -0.4 is 15.8 Å². The van der Waals surface area contributed by atoms with E-state index < -0.39 is 0 Å². The van der Waals surface area contributed by atoms with Gasteiger partial charge in [0.25, 0.3) is 0 Å². The van der Waals surface area contributed by atoms with Gasteiger partial charge < -0.3 is 20.4 Å². The first-order chi connectivity index (χ1) is 14.6. The van der Waals surface area contributed by atoms with Crippen molar-refractivity contribution in [1.29, 1.82) is 0 Å². The number of pyridine rings is 1. The monoisotopic (exact) mass is 445 g/mol. The van der Waals surface area contributed by atoms with Gasteiger partial charge >= 0.3 is 0 Å². The number of rotatable bonds is 7. The number of nitrogens with two attached hydrogens (primary N) is 1. The Bertz CT molecular complexity index is 973. The lowest BCUT2D eigenvalue weighted by atomic mass is 9.91. The molecule has 0 radical (unpaired) electrons. The third kappa shape index (κ3) is 5.45. The maximum absolute atomic E-state index is 6.24. The Balaban J connectivity index is 1.39. The highest BCUT2D eigenvalue weighted by molar-refractivity contribution is 6.34. The lowest BCUT2D eigenvalue weighted by molar-refractivity contribution is 0.279. The molecule has 4 rings (SSSR count). The predicted molar refractivity (Wildman–Crippen MR) is 120 cm³/mol. The predicted octanol–water partition coefficient (Wildman–Crippen LogP) is 4.89. The van der Waals surface area contributed by atoms with Crippen LogP contribution in [-0.4, -0.2) is 26.6 Å². The van der Waals surface area contributed by atoms with E-state index in [1.807, 2.05) is 41.1 Å². The molecule has 8 heteroatoms. The molecule has 0 saturated heterocycles. The lowest BCUT2D eigenvalue weighted by Crippen LogP contribution is -2.42. The fraction of sp³-hybridized carbons (Fsp3) is 0.364. The number of hydrogen-bond donors (Lipinski definition) is 2. The van der Waals surface area contributed by atoms with E-state index in [1.165, 1.54) is 12.8 Å². The summed E-state index contributed by atoms with van der Waals surface area (Å²) in [4.78, 5) is 8.99. The second-order valence-corrected chi connectivity index (χ2v) is 8.47. The van der Waals surface area contributed by atoms with E-state index in [0.717, 1.165) is 30.0 Å². The van der Waals surface area contributed by atoms with Crippen LogP contribution in [0.15, 0.2) is 48.8 Å². The summed E-state index contributed by atoms with van der Waals surface area (Å²) in [6.07, 6.45) is 8.17. The molecule has 0 amide bonds. The normalized spacial score (nSPS) is 18.9. The van der Waals surface area contributed by atoms with Crippen LogP contribution in [0.1, 0.15) is 37.1 Å². The average molecular weight is 446 g/mol. The van der Waals surface area contributed by atoms with Gasteiger partial charge in [0.1, 0.15) is 18.2 Å². The van der Waals surface area contributed by atoms with E-state index in [0.29, 0.717) is 29.1 Å². The SMILES string of the molecule is NC1CCCCC1Nc1cccc(OCc2nccn2Cc2cc(Cl)cc(Cl)c2)n1. The largest absolute Gasteiger partial charge is 0.469 e. The van der Waals surface area contributed by atoms with Crippen LogP contribution in [0.3, 0.4) is 0 Å². The van der Waals surface area contributed by atoms with Gasteiger partial charge in [-0.3, -0.25) is 0 Å². The van der Waals surface area contributed by atoms with Gasteiger partial charge in [0.05, 0.1) is 0 Å². The molecular weight excluding hydrogens is 421 g/mol. The van der Waals surface area contributed by atoms with Gasteiger partial charge in [-0.15, -0.1) is 0 Å². The highest BCUT2D eigenvalue weighted by atomic mass is 35.5. The first-order valence-corrected chi connectivity index (χ1v) is 10.9. The molecule has 2 aromatic heterocycles. The van der Waals surface area contributed by atoms with E-state index in [2.05, 4.69) is 15.3 Å². The molecule has 0 bridgehead atoms. The van der Waals surface area contributed by atoms with E-state index >= 15 is 0 Å². The van der Waals surface area contributed by atoms with E-state index in [1.54, 1.807) is 12.3 Å². The molecule has 0 spiro atoms. The van der Waals surface area contributed by atoms with Crippen molar-refractivity contribution in [3.8, 4) is 5.88 Å². The van der Waals surface area contributed by atoms with Crippen LogP contribution in [0.25, 0.3) is 0 Å². The van der Waals surface area contributed by atoms with Crippen molar-refractivity contribution in [3.63, 3.8) is 0 Å². The fourth-order valence-electron chi connectivity index (χ4n) is 3.77. The number of hydrogen-bond acceptors (Lipinski definition) is 5. The average Bonchev–Trinajstić information content (AvgIpc) is 3.15. The van der Waals surface area contributed by atoms with Gasteiger partial charge in [0, 0.05) is 47.1 Å². The minimum absolute atomic E-state index is 0.164. The summed E-state index contributed by atoms with van der Waals surface area (Å²) >= 11 is 12.2. The number of nitrogens with one attached hydrogen (secondary N) is 1. The molecule has 1 aliphatic rings. The minimum atomic E-state index is 0.164. The quantitative estimate of drug-likeness (QED) is 0.540. The Morgan fingerprint density at radius 2 is 1.93 bits per heavy atom. The van der Waals surface area contributed by atoms with Gasteiger partial charge in [0.2, 0.25) is 5.88 Å². The standard InChI is InChI=1S/C22H25Cl2N5O/c23-16-10-15(11-17(24)12-16)13-29-9-8-26-21(29)14-30-22-7-3-6-20(28-22)27-19-5-2-1-4-18(19)25/h3,6-12,18-19H,1-2,4-5,13-14,25H2,(H,27,28). The summed E-state index contributed by atoms with van der Waals surface area (Å²) in [7, 11) is 0. The van der Waals surface area contributed by atoms with E-state index in [-0.39, 0.29) is 12.1 Å². The van der Waals surface area contributed by atoms with Crippen molar-refractivity contribution in [3.05, 3.63) is 70.2 Å². The van der Waals surface area contributed by atoms with Crippen molar-refractivity contribution in [2.75, 3.05) is 5.32 Å². The Hall–Kier alpha value is -2.28. The highest BCUT2D eigenvalue weighted by Gasteiger charge is 2.21. The van der Waals surface area contributed by atoms with Crippen LogP contribution in [-0.2, 0) is 13.2 Å². The van der Waals surface area contributed by atoms with E-state index in [9.17, 15) is 0 Å². The molecule has 1 fully saturated rings. The van der Waals surface area contributed by atoms with Crippen molar-refractivity contribution in [2.45, 2.75) is 50.9 Å². The zero-order chi connectivity index (χ0) is 20.9. The zero-order valence-corrected chi connectivity index (χ0v) is 18.1. The number of benzene rings is 1. The maximum Gasteiger partial charge on any atom is 0.215 e. The van der Waals surface area contributed by atoms with E-state index in [4.69, 9.17) is 33.7 Å². The topological polar surface area (TPSA) is 78.0 Å². The Morgan fingerprint density at radius 3 is 2.73 bits per heavy atom. The van der Waals surface area contributed by atoms with Crippen LogP contribution in [0.2, 0.25) is 10.0 Å². The summed E-state index contributed by atoms with van der Waals surface area (Å²) in [6, 6.07) is 11.6. The Labute approximate surface area is 186 Å². The molecule has 158 valence electrons. The summed E-state index contributed by atoms with van der Waals surface area (Å²) in [5.41, 5.74) is 7.24. The second-order valence-electron chi connectivity index (χ2n) is 7.60. The van der Waals surface area contributed by atoms with Gasteiger partial charge in [-0.05, 0) is 42.7 Å². The van der Waals surface area contributed by atoms with Crippen LogP contribution in [0.5, 0.6) is 5.88 Å². The van der Waals surface area contributed by atoms with Crippen LogP contribution in [0, 0.1) is 0 Å². The molecule has 3 N–H and O–H groups in total. The van der Waals surface area contributed by atoms with Crippen molar-refractivity contribution >= 4 is 29.0 Å². The number of ether oxygens (including phenoxy) is 1. The Morgan fingerprint density at radius 1 is 1.13 bits per heavy atom. The number of anilines is 1. The van der Waals surface area contributed by atoms with Crippen LogP contribution in [0.4, 0.5) is 5.82 Å². The first kappa shape index (κ1) is 21.0. The Kier molecular flexibility index (Phi) is 6.77. The summed E-state index contributed by atoms with van der Waals surface area (Å²) in [5.74, 6) is 2.12. The molecule has 2 heterocycles. The molecule has 2 atom stereocenters. The zero-order valence-electron chi connectivity index (χ0n) is 16.6. The number of halogens is 2. The van der Waals surface area contributed by atoms with Gasteiger partial charge in [-0.1, -0.05) is 42.1 Å². The smallest absolute Gasteiger partial charge is 0.215 e. The summed E-state index contributed by atoms with van der Waals surface area (Å²) in [5, 5.41) is 4.68. The highest BCUT2D eigenvalue weighted by Crippen LogP contribution is 2.22. The van der Waals surface area contributed by atoms with Crippen molar-refractivity contribution in [2.24, 2.45) is 5.73 Å². The van der Waals surface area contributed by atoms with Gasteiger partial charge in [-0.2, -0.15) is 4.98 Å². The second kappa shape index (κ2) is 9.69. The molecule has 30 heavy (non-hydrogen) atoms. The van der Waals surface area contributed by atoms with Gasteiger partial charge in [-0.25, -0.2) is 4.98 Å². The number of imidazole rings is 1. The van der Waals surface area contributed by atoms with Crippen LogP contribution >= 0.6 is 23.2 Å². The number of aromatic nitrogens is 3. The van der Waals surface area contributed by atoms with Crippen molar-refractivity contribution < 1.29 is 4.74 Å². The number of nitrogens with zero attached hydrogens (tertiary/aromatic N) is 3.